The molecule has 0 bridgehead atoms. The highest BCUT2D eigenvalue weighted by Gasteiger charge is 2.08. The lowest BCUT2D eigenvalue weighted by Gasteiger charge is -1.97. The smallest absolute Gasteiger partial charge is 0.307 e. The summed E-state index contributed by atoms with van der Waals surface area (Å²) in [4.78, 5) is 12.8. The van der Waals surface area contributed by atoms with Crippen LogP contribution in [0.4, 0.5) is 0 Å². The highest BCUT2D eigenvalue weighted by Crippen LogP contribution is 2.14. The molecule has 0 aliphatic carbocycles. The molecule has 1 amide bonds. The molecule has 2 aromatic rings. The summed E-state index contributed by atoms with van der Waals surface area (Å²) in [6.07, 6.45) is 3.60. The molecule has 0 radical (unpaired) electrons. The van der Waals surface area contributed by atoms with Gasteiger partial charge >= 0.3 is 5.91 Å². The molecule has 4 nitrogen and oxygen atoms in total. The van der Waals surface area contributed by atoms with Gasteiger partial charge in [-0.3, -0.25) is 4.79 Å². The summed E-state index contributed by atoms with van der Waals surface area (Å²) in [6, 6.07) is 11.1. The molecule has 0 saturated heterocycles. The minimum Gasteiger partial charge on any atom is -0.444 e. The van der Waals surface area contributed by atoms with Gasteiger partial charge in [0.15, 0.2) is 10.4 Å². The fraction of sp³-hybridized carbons (Fsp3) is 0.0769. The summed E-state index contributed by atoms with van der Waals surface area (Å²) in [7, 11) is 0. The van der Waals surface area contributed by atoms with Crippen LogP contribution < -0.4 is 5.43 Å². The highest BCUT2D eigenvalue weighted by atomic mass is 79.9. The van der Waals surface area contributed by atoms with E-state index >= 15 is 0 Å². The third-order valence-corrected chi connectivity index (χ3v) is 3.46. The van der Waals surface area contributed by atoms with Crippen molar-refractivity contribution in [2.24, 2.45) is 5.10 Å². The van der Waals surface area contributed by atoms with Gasteiger partial charge in [-0.15, -0.1) is 11.8 Å². The number of furan rings is 1. The second-order valence-electron chi connectivity index (χ2n) is 3.58. The maximum atomic E-state index is 11.6. The summed E-state index contributed by atoms with van der Waals surface area (Å²) in [5.74, 6) is -0.176. The number of carbonyl (C=O) groups excluding carboxylic acids is 1. The predicted octanol–water partition coefficient (Wildman–Crippen LogP) is 3.53. The largest absolute Gasteiger partial charge is 0.444 e. The van der Waals surface area contributed by atoms with Crippen LogP contribution in [0.2, 0.25) is 0 Å². The topological polar surface area (TPSA) is 54.6 Å². The van der Waals surface area contributed by atoms with Crippen LogP contribution >= 0.6 is 27.7 Å². The number of hydrazone groups is 1. The molecule has 19 heavy (non-hydrogen) atoms. The zero-order valence-electron chi connectivity index (χ0n) is 10.1. The zero-order valence-corrected chi connectivity index (χ0v) is 12.5. The Morgan fingerprint density at radius 3 is 2.63 bits per heavy atom. The van der Waals surface area contributed by atoms with Gasteiger partial charge in [0.2, 0.25) is 0 Å². The average Bonchev–Trinajstić information content (AvgIpc) is 2.86. The van der Waals surface area contributed by atoms with Crippen LogP contribution in [-0.4, -0.2) is 18.4 Å². The van der Waals surface area contributed by atoms with Crippen LogP contribution in [0.15, 0.2) is 55.5 Å². The Balaban J connectivity index is 1.94. The van der Waals surface area contributed by atoms with E-state index in [1.807, 2.05) is 30.5 Å². The molecule has 0 saturated carbocycles. The molecular formula is C13H11BrN2O2S. The van der Waals surface area contributed by atoms with Crippen LogP contribution in [0.5, 0.6) is 0 Å². The average molecular weight is 339 g/mol. The van der Waals surface area contributed by atoms with E-state index in [0.29, 0.717) is 4.67 Å². The van der Waals surface area contributed by atoms with Gasteiger partial charge in [0, 0.05) is 4.90 Å². The molecule has 0 unspecified atom stereocenters. The lowest BCUT2D eigenvalue weighted by molar-refractivity contribution is 0.0926. The second-order valence-corrected chi connectivity index (χ2v) is 5.24. The molecule has 98 valence electrons. The SMILES string of the molecule is CSc1ccc(C=NNC(=O)c2ccc(Br)o2)cc1. The molecule has 1 aromatic heterocycles. The van der Waals surface area contributed by atoms with Crippen LogP contribution in [0.25, 0.3) is 0 Å². The number of hydrogen-bond donors (Lipinski definition) is 1. The lowest BCUT2D eigenvalue weighted by Crippen LogP contribution is -2.16. The number of benzene rings is 1. The minimum atomic E-state index is -0.386. The summed E-state index contributed by atoms with van der Waals surface area (Å²) in [5, 5.41) is 3.88. The number of amides is 1. The van der Waals surface area contributed by atoms with Crippen molar-refractivity contribution in [2.45, 2.75) is 4.90 Å². The van der Waals surface area contributed by atoms with Crippen LogP contribution in [-0.2, 0) is 0 Å². The van der Waals surface area contributed by atoms with Crippen molar-refractivity contribution in [3.05, 3.63) is 52.4 Å². The van der Waals surface area contributed by atoms with Gasteiger partial charge in [0.05, 0.1) is 6.21 Å². The second kappa shape index (κ2) is 6.58. The maximum Gasteiger partial charge on any atom is 0.307 e. The van der Waals surface area contributed by atoms with Crippen LogP contribution in [0.3, 0.4) is 0 Å². The van der Waals surface area contributed by atoms with Crippen molar-refractivity contribution >= 4 is 39.8 Å². The number of halogens is 1. The highest BCUT2D eigenvalue weighted by molar-refractivity contribution is 9.10. The molecule has 1 heterocycles. The molecule has 2 rings (SSSR count). The number of nitrogens with one attached hydrogen (secondary N) is 1. The first-order valence-electron chi connectivity index (χ1n) is 5.42. The van der Waals surface area contributed by atoms with E-state index in [9.17, 15) is 4.79 Å². The Morgan fingerprint density at radius 1 is 1.32 bits per heavy atom. The summed E-state index contributed by atoms with van der Waals surface area (Å²) in [5.41, 5.74) is 3.32. The molecule has 0 fully saturated rings. The maximum absolute atomic E-state index is 11.6. The number of nitrogens with zero attached hydrogens (tertiary/aromatic N) is 1. The van der Waals surface area contributed by atoms with E-state index in [0.717, 1.165) is 5.56 Å². The third-order valence-electron chi connectivity index (χ3n) is 2.29. The Labute approximate surface area is 123 Å². The number of carbonyl (C=O) groups is 1. The van der Waals surface area contributed by atoms with Crippen molar-refractivity contribution in [1.29, 1.82) is 0 Å². The third kappa shape index (κ3) is 3.97. The van der Waals surface area contributed by atoms with Gasteiger partial charge in [-0.25, -0.2) is 5.43 Å². The van der Waals surface area contributed by atoms with E-state index in [1.165, 1.54) is 4.90 Å². The lowest BCUT2D eigenvalue weighted by atomic mass is 10.2. The molecule has 6 heteroatoms. The summed E-state index contributed by atoms with van der Waals surface area (Å²) < 4.78 is 5.61. The molecule has 1 aromatic carbocycles. The van der Waals surface area contributed by atoms with E-state index < -0.39 is 0 Å². The molecule has 0 atom stereocenters. The van der Waals surface area contributed by atoms with E-state index in [-0.39, 0.29) is 11.7 Å². The predicted molar refractivity (Wildman–Crippen MR) is 79.7 cm³/mol. The molecule has 0 aliphatic rings. The first kappa shape index (κ1) is 13.9. The molecule has 0 aliphatic heterocycles. The van der Waals surface area contributed by atoms with Crippen molar-refractivity contribution in [2.75, 3.05) is 6.26 Å². The number of thioether (sulfide) groups is 1. The van der Waals surface area contributed by atoms with Crippen LogP contribution in [0.1, 0.15) is 16.1 Å². The van der Waals surface area contributed by atoms with Gasteiger partial charge in [-0.05, 0) is 52.0 Å². The van der Waals surface area contributed by atoms with Crippen LogP contribution in [0, 0.1) is 0 Å². The molecule has 1 N–H and O–H groups in total. The summed E-state index contributed by atoms with van der Waals surface area (Å²) in [6.45, 7) is 0. The zero-order chi connectivity index (χ0) is 13.7. The van der Waals surface area contributed by atoms with Gasteiger partial charge in [0.25, 0.3) is 0 Å². The van der Waals surface area contributed by atoms with E-state index in [2.05, 4.69) is 26.5 Å². The van der Waals surface area contributed by atoms with Gasteiger partial charge in [-0.2, -0.15) is 5.10 Å². The van der Waals surface area contributed by atoms with Gasteiger partial charge < -0.3 is 4.42 Å². The fourth-order valence-corrected chi connectivity index (χ4v) is 2.06. The number of rotatable bonds is 4. The van der Waals surface area contributed by atoms with E-state index in [4.69, 9.17) is 4.42 Å². The molecular weight excluding hydrogens is 328 g/mol. The first-order valence-corrected chi connectivity index (χ1v) is 7.43. The Morgan fingerprint density at radius 2 is 2.05 bits per heavy atom. The fourth-order valence-electron chi connectivity index (χ4n) is 1.35. The minimum absolute atomic E-state index is 0.210. The Hall–Kier alpha value is -1.53. The van der Waals surface area contributed by atoms with Gasteiger partial charge in [-0.1, -0.05) is 12.1 Å². The van der Waals surface area contributed by atoms with Crippen molar-refractivity contribution in [3.8, 4) is 0 Å². The van der Waals surface area contributed by atoms with Crippen molar-refractivity contribution in [1.82, 2.24) is 5.43 Å². The Bertz CT molecular complexity index is 593. The Kier molecular flexibility index (Phi) is 4.81. The van der Waals surface area contributed by atoms with Gasteiger partial charge in [0.1, 0.15) is 0 Å². The van der Waals surface area contributed by atoms with E-state index in [1.54, 1.807) is 30.1 Å². The quantitative estimate of drug-likeness (QED) is 0.527. The van der Waals surface area contributed by atoms with Crippen molar-refractivity contribution < 1.29 is 9.21 Å². The monoisotopic (exact) mass is 338 g/mol. The number of hydrogen-bond acceptors (Lipinski definition) is 4. The molecule has 0 spiro atoms. The summed E-state index contributed by atoms with van der Waals surface area (Å²) >= 11 is 4.81. The normalized spacial score (nSPS) is 10.8. The van der Waals surface area contributed by atoms with Crippen molar-refractivity contribution in [3.63, 3.8) is 0 Å². The standard InChI is InChI=1S/C13H11BrN2O2S/c1-19-10-4-2-9(3-5-10)8-15-16-13(17)11-6-7-12(14)18-11/h2-8H,1H3,(H,16,17). The first-order chi connectivity index (χ1) is 9.19.